The lowest BCUT2D eigenvalue weighted by Gasteiger charge is -2.09. The van der Waals surface area contributed by atoms with Gasteiger partial charge in [0.15, 0.2) is 0 Å². The molecule has 0 aliphatic carbocycles. The number of carbonyl (C=O) groups excluding carboxylic acids is 2. The number of hydrogen-bond acceptors (Lipinski definition) is 5. The van der Waals surface area contributed by atoms with Gasteiger partial charge >= 0.3 is 0 Å². The zero-order valence-corrected chi connectivity index (χ0v) is 14.9. The molecule has 0 unspecified atom stereocenters. The van der Waals surface area contributed by atoms with Gasteiger partial charge in [-0.25, -0.2) is 5.43 Å². The molecule has 0 radical (unpaired) electrons. The molecule has 0 saturated carbocycles. The van der Waals surface area contributed by atoms with E-state index in [-0.39, 0.29) is 12.3 Å². The Labute approximate surface area is 152 Å². The third-order valence-electron chi connectivity index (χ3n) is 3.48. The molecule has 0 saturated heterocycles. The number of ether oxygens (including phenoxy) is 2. The maximum Gasteiger partial charge on any atom is 0.275 e. The fourth-order valence-electron chi connectivity index (χ4n) is 2.19. The normalized spacial score (nSPS) is 10.8. The summed E-state index contributed by atoms with van der Waals surface area (Å²) in [6, 6.07) is 14.0. The number of anilines is 1. The van der Waals surface area contributed by atoms with E-state index in [2.05, 4.69) is 15.8 Å². The van der Waals surface area contributed by atoms with Crippen LogP contribution in [0.3, 0.4) is 0 Å². The van der Waals surface area contributed by atoms with Crippen molar-refractivity contribution in [3.63, 3.8) is 0 Å². The van der Waals surface area contributed by atoms with Crippen LogP contribution < -0.4 is 20.2 Å². The molecule has 2 rings (SSSR count). The minimum atomic E-state index is -0.438. The SMILES string of the molecule is COc1ccc(C(=O)N/N=C(\C)CC(=O)Nc2ccccc2)c(OC)c1. The van der Waals surface area contributed by atoms with Gasteiger partial charge in [-0.2, -0.15) is 5.10 Å². The van der Waals surface area contributed by atoms with Gasteiger partial charge in [0, 0.05) is 17.5 Å². The Morgan fingerprint density at radius 3 is 2.42 bits per heavy atom. The van der Waals surface area contributed by atoms with Gasteiger partial charge in [0.05, 0.1) is 26.2 Å². The molecular formula is C19H21N3O4. The van der Waals surface area contributed by atoms with Gasteiger partial charge in [-0.3, -0.25) is 9.59 Å². The summed E-state index contributed by atoms with van der Waals surface area (Å²) >= 11 is 0. The number of nitrogens with zero attached hydrogens (tertiary/aromatic N) is 1. The lowest BCUT2D eigenvalue weighted by molar-refractivity contribution is -0.115. The van der Waals surface area contributed by atoms with Crippen LogP contribution in [0.2, 0.25) is 0 Å². The van der Waals surface area contributed by atoms with Crippen LogP contribution >= 0.6 is 0 Å². The standard InChI is InChI=1S/C19H21N3O4/c1-13(11-18(23)20-14-7-5-4-6-8-14)21-22-19(24)16-10-9-15(25-2)12-17(16)26-3/h4-10,12H,11H2,1-3H3,(H,20,23)(H,22,24)/b21-13+. The highest BCUT2D eigenvalue weighted by atomic mass is 16.5. The summed E-state index contributed by atoms with van der Waals surface area (Å²) in [4.78, 5) is 24.2. The zero-order valence-electron chi connectivity index (χ0n) is 14.9. The van der Waals surface area contributed by atoms with E-state index in [0.29, 0.717) is 28.5 Å². The predicted octanol–water partition coefficient (Wildman–Crippen LogP) is 2.84. The van der Waals surface area contributed by atoms with E-state index < -0.39 is 5.91 Å². The fourth-order valence-corrected chi connectivity index (χ4v) is 2.19. The lowest BCUT2D eigenvalue weighted by Crippen LogP contribution is -2.22. The van der Waals surface area contributed by atoms with Crippen LogP contribution in [0.15, 0.2) is 53.6 Å². The van der Waals surface area contributed by atoms with Crippen molar-refractivity contribution < 1.29 is 19.1 Å². The smallest absolute Gasteiger partial charge is 0.275 e. The van der Waals surface area contributed by atoms with Crippen LogP contribution in [0, 0.1) is 0 Å². The number of hydrazone groups is 1. The topological polar surface area (TPSA) is 89.0 Å². The highest BCUT2D eigenvalue weighted by Gasteiger charge is 2.13. The summed E-state index contributed by atoms with van der Waals surface area (Å²) in [5, 5.41) is 6.73. The average Bonchev–Trinajstić information content (AvgIpc) is 2.66. The van der Waals surface area contributed by atoms with E-state index in [4.69, 9.17) is 9.47 Å². The molecule has 2 aromatic carbocycles. The minimum Gasteiger partial charge on any atom is -0.497 e. The van der Waals surface area contributed by atoms with E-state index in [1.165, 1.54) is 14.2 Å². The second kappa shape index (κ2) is 9.22. The fraction of sp³-hybridized carbons (Fsp3) is 0.211. The van der Waals surface area contributed by atoms with Crippen LogP contribution in [-0.2, 0) is 4.79 Å². The van der Waals surface area contributed by atoms with Gasteiger partial charge in [-0.15, -0.1) is 0 Å². The van der Waals surface area contributed by atoms with Crippen molar-refractivity contribution in [1.82, 2.24) is 5.43 Å². The summed E-state index contributed by atoms with van der Waals surface area (Å²) in [6.07, 6.45) is 0.0644. The molecule has 0 fully saturated rings. The quantitative estimate of drug-likeness (QED) is 0.590. The van der Waals surface area contributed by atoms with Crippen LogP contribution in [-0.4, -0.2) is 31.7 Å². The first-order chi connectivity index (χ1) is 12.5. The first-order valence-electron chi connectivity index (χ1n) is 7.94. The van der Waals surface area contributed by atoms with Crippen molar-refractivity contribution in [3.05, 3.63) is 54.1 Å². The van der Waals surface area contributed by atoms with Crippen LogP contribution in [0.25, 0.3) is 0 Å². The Bertz CT molecular complexity index is 804. The highest BCUT2D eigenvalue weighted by molar-refractivity contribution is 6.06. The molecule has 2 amide bonds. The number of para-hydroxylation sites is 1. The van der Waals surface area contributed by atoms with Gasteiger partial charge in [-0.05, 0) is 31.2 Å². The second-order valence-electron chi connectivity index (χ2n) is 5.45. The molecule has 0 aliphatic heterocycles. The molecule has 0 spiro atoms. The molecule has 2 N–H and O–H groups in total. The van der Waals surface area contributed by atoms with Crippen molar-refractivity contribution in [2.75, 3.05) is 19.5 Å². The summed E-state index contributed by atoms with van der Waals surface area (Å²) in [6.45, 7) is 1.66. The van der Waals surface area contributed by atoms with Crippen LogP contribution in [0.4, 0.5) is 5.69 Å². The molecule has 26 heavy (non-hydrogen) atoms. The molecular weight excluding hydrogens is 334 g/mol. The van der Waals surface area contributed by atoms with Crippen LogP contribution in [0.1, 0.15) is 23.7 Å². The molecule has 2 aromatic rings. The Morgan fingerprint density at radius 1 is 1.04 bits per heavy atom. The van der Waals surface area contributed by atoms with E-state index >= 15 is 0 Å². The Morgan fingerprint density at radius 2 is 1.77 bits per heavy atom. The number of amides is 2. The number of benzene rings is 2. The van der Waals surface area contributed by atoms with E-state index in [0.717, 1.165) is 0 Å². The van der Waals surface area contributed by atoms with Crippen molar-refractivity contribution in [3.8, 4) is 11.5 Å². The largest absolute Gasteiger partial charge is 0.497 e. The van der Waals surface area contributed by atoms with Crippen molar-refractivity contribution in [2.24, 2.45) is 5.10 Å². The monoisotopic (exact) mass is 355 g/mol. The van der Waals surface area contributed by atoms with Gasteiger partial charge in [0.1, 0.15) is 11.5 Å². The van der Waals surface area contributed by atoms with Crippen LogP contribution in [0.5, 0.6) is 11.5 Å². The Balaban J connectivity index is 1.95. The Hall–Kier alpha value is -3.35. The molecule has 0 atom stereocenters. The summed E-state index contributed by atoms with van der Waals surface area (Å²) < 4.78 is 10.3. The maximum absolute atomic E-state index is 12.3. The third-order valence-corrected chi connectivity index (χ3v) is 3.48. The summed E-state index contributed by atoms with van der Waals surface area (Å²) in [5.74, 6) is 0.299. The number of carbonyl (C=O) groups is 2. The molecule has 0 heterocycles. The van der Waals surface area contributed by atoms with Crippen molar-refractivity contribution in [2.45, 2.75) is 13.3 Å². The number of hydrogen-bond donors (Lipinski definition) is 2. The highest BCUT2D eigenvalue weighted by Crippen LogP contribution is 2.24. The molecule has 136 valence electrons. The second-order valence-corrected chi connectivity index (χ2v) is 5.45. The summed E-state index contributed by atoms with van der Waals surface area (Å²) in [5.41, 5.74) is 3.92. The maximum atomic E-state index is 12.3. The molecule has 0 bridgehead atoms. The first kappa shape index (κ1) is 19.0. The molecule has 7 nitrogen and oxygen atoms in total. The van der Waals surface area contributed by atoms with Gasteiger partial charge in [0.25, 0.3) is 5.91 Å². The molecule has 7 heteroatoms. The van der Waals surface area contributed by atoms with Crippen molar-refractivity contribution in [1.29, 1.82) is 0 Å². The summed E-state index contributed by atoms with van der Waals surface area (Å²) in [7, 11) is 3.00. The van der Waals surface area contributed by atoms with Gasteiger partial charge < -0.3 is 14.8 Å². The van der Waals surface area contributed by atoms with Gasteiger partial charge in [-0.1, -0.05) is 18.2 Å². The predicted molar refractivity (Wildman–Crippen MR) is 99.8 cm³/mol. The van der Waals surface area contributed by atoms with E-state index in [9.17, 15) is 9.59 Å². The first-order valence-corrected chi connectivity index (χ1v) is 7.94. The molecule has 0 aromatic heterocycles. The number of methoxy groups -OCH3 is 2. The third kappa shape index (κ3) is 5.34. The minimum absolute atomic E-state index is 0.0644. The average molecular weight is 355 g/mol. The van der Waals surface area contributed by atoms with Crippen molar-refractivity contribution >= 4 is 23.2 Å². The number of rotatable bonds is 7. The zero-order chi connectivity index (χ0) is 18.9. The van der Waals surface area contributed by atoms with Gasteiger partial charge in [0.2, 0.25) is 5.91 Å². The van der Waals surface area contributed by atoms with E-state index in [1.807, 2.05) is 18.2 Å². The van der Waals surface area contributed by atoms with E-state index in [1.54, 1.807) is 37.3 Å². The Kier molecular flexibility index (Phi) is 6.73. The number of nitrogens with one attached hydrogen (secondary N) is 2. The molecule has 0 aliphatic rings. The lowest BCUT2D eigenvalue weighted by atomic mass is 10.2.